The Morgan fingerprint density at radius 3 is 2.93 bits per heavy atom. The van der Waals surface area contributed by atoms with Gasteiger partial charge in [0.1, 0.15) is 17.0 Å². The van der Waals surface area contributed by atoms with Crippen molar-refractivity contribution in [3.8, 4) is 11.1 Å². The monoisotopic (exact) mass is 404 g/mol. The van der Waals surface area contributed by atoms with Crippen LogP contribution < -0.4 is 5.32 Å². The number of benzene rings is 1. The van der Waals surface area contributed by atoms with E-state index in [9.17, 15) is 0 Å². The summed E-state index contributed by atoms with van der Waals surface area (Å²) in [5.74, 6) is 0.669. The number of rotatable bonds is 4. The first kappa shape index (κ1) is 17.6. The maximum absolute atomic E-state index is 6.64. The van der Waals surface area contributed by atoms with Gasteiger partial charge >= 0.3 is 0 Å². The minimum atomic E-state index is -0.125. The van der Waals surface area contributed by atoms with Crippen LogP contribution in [0.15, 0.2) is 49.3 Å². The lowest BCUT2D eigenvalue weighted by molar-refractivity contribution is 0.768. The quantitative estimate of drug-likeness (QED) is 0.437. The normalized spacial score (nSPS) is 12.5. The van der Waals surface area contributed by atoms with Gasteiger partial charge < -0.3 is 10.3 Å². The summed E-state index contributed by atoms with van der Waals surface area (Å²) in [6, 6.07) is 8.01. The van der Waals surface area contributed by atoms with Crippen LogP contribution in [-0.4, -0.2) is 34.7 Å². The fourth-order valence-corrected chi connectivity index (χ4v) is 3.77. The smallest absolute Gasteiger partial charge is 0.182 e. The number of nitrogens with one attached hydrogen (secondary N) is 2. The summed E-state index contributed by atoms with van der Waals surface area (Å²) < 4.78 is 1.77. The number of fused-ring (bicyclic) bond motifs is 2. The van der Waals surface area contributed by atoms with Crippen LogP contribution in [0.4, 0.5) is 5.82 Å². The minimum Gasteiger partial charge on any atom is -0.360 e. The Labute approximate surface area is 171 Å². The summed E-state index contributed by atoms with van der Waals surface area (Å²) in [6.45, 7) is 2.01. The lowest BCUT2D eigenvalue weighted by atomic mass is 10.0. The largest absolute Gasteiger partial charge is 0.360 e. The molecule has 0 saturated carbocycles. The molecule has 0 bridgehead atoms. The lowest BCUT2D eigenvalue weighted by Crippen LogP contribution is -2.10. The Hall–Kier alpha value is -3.52. The van der Waals surface area contributed by atoms with Gasteiger partial charge in [-0.15, -0.1) is 0 Å². The van der Waals surface area contributed by atoms with E-state index >= 15 is 0 Å². The molecule has 0 radical (unpaired) electrons. The Morgan fingerprint density at radius 2 is 2.10 bits per heavy atom. The van der Waals surface area contributed by atoms with Crippen LogP contribution in [0.1, 0.15) is 18.7 Å². The zero-order valence-corrected chi connectivity index (χ0v) is 16.5. The van der Waals surface area contributed by atoms with Gasteiger partial charge in [-0.2, -0.15) is 5.10 Å². The second-order valence-electron chi connectivity index (χ2n) is 6.83. The molecule has 8 nitrogen and oxygen atoms in total. The number of imidazole rings is 1. The molecule has 9 heteroatoms. The maximum Gasteiger partial charge on any atom is 0.182 e. The molecule has 0 saturated heterocycles. The van der Waals surface area contributed by atoms with Gasteiger partial charge in [0.2, 0.25) is 0 Å². The number of anilines is 1. The van der Waals surface area contributed by atoms with Crippen molar-refractivity contribution in [3.05, 3.63) is 60.2 Å². The Balaban J connectivity index is 1.55. The van der Waals surface area contributed by atoms with Crippen molar-refractivity contribution >= 4 is 39.4 Å². The molecule has 0 aliphatic heterocycles. The molecule has 5 aromatic rings. The standard InChI is InChI=1S/C20H17ClN8/c1-11(27-20-17-19(23-9-22-17)24-10-25-20)15-6-12-4-3-5-14(16(12)18(21)28-15)13-7-26-29(2)8-13/h3-11H,1-2H3,(H2,22,23,24,25,27). The summed E-state index contributed by atoms with van der Waals surface area (Å²) in [7, 11) is 1.89. The highest BCUT2D eigenvalue weighted by molar-refractivity contribution is 6.35. The topological polar surface area (TPSA) is 97.2 Å². The van der Waals surface area contributed by atoms with Crippen LogP contribution in [0, 0.1) is 0 Å². The molecule has 144 valence electrons. The predicted molar refractivity (Wildman–Crippen MR) is 113 cm³/mol. The zero-order valence-electron chi connectivity index (χ0n) is 15.8. The van der Waals surface area contributed by atoms with Crippen LogP contribution in [0.2, 0.25) is 5.15 Å². The number of halogens is 1. The summed E-state index contributed by atoms with van der Waals surface area (Å²) in [6.07, 6.45) is 6.88. The SMILES string of the molecule is CC(Nc1ncnc2nc[nH]c12)c1cc2cccc(-c3cnn(C)c3)c2c(Cl)n1. The summed E-state index contributed by atoms with van der Waals surface area (Å²) in [5.41, 5.74) is 4.20. The molecule has 4 heterocycles. The Morgan fingerprint density at radius 1 is 1.21 bits per heavy atom. The molecule has 1 aromatic carbocycles. The van der Waals surface area contributed by atoms with Gasteiger partial charge in [-0.1, -0.05) is 29.8 Å². The van der Waals surface area contributed by atoms with Gasteiger partial charge in [0.15, 0.2) is 11.5 Å². The van der Waals surface area contributed by atoms with Crippen molar-refractivity contribution in [3.63, 3.8) is 0 Å². The van der Waals surface area contributed by atoms with Crippen LogP contribution in [0.3, 0.4) is 0 Å². The fourth-order valence-electron chi connectivity index (χ4n) is 3.46. The van der Waals surface area contributed by atoms with Crippen LogP contribution in [-0.2, 0) is 7.05 Å². The molecule has 0 spiro atoms. The number of aromatic nitrogens is 7. The molecule has 1 atom stereocenters. The van der Waals surface area contributed by atoms with E-state index in [4.69, 9.17) is 11.6 Å². The fraction of sp³-hybridized carbons (Fsp3) is 0.150. The van der Waals surface area contributed by atoms with Gasteiger partial charge in [0.05, 0.1) is 24.3 Å². The summed E-state index contributed by atoms with van der Waals surface area (Å²) in [5, 5.41) is 10.0. The van der Waals surface area contributed by atoms with Crippen molar-refractivity contribution in [2.45, 2.75) is 13.0 Å². The van der Waals surface area contributed by atoms with E-state index in [1.54, 1.807) is 11.0 Å². The Bertz CT molecular complexity index is 1340. The average molecular weight is 405 g/mol. The molecule has 2 N–H and O–H groups in total. The lowest BCUT2D eigenvalue weighted by Gasteiger charge is -2.16. The van der Waals surface area contributed by atoms with Gasteiger partial charge in [-0.3, -0.25) is 4.68 Å². The molecule has 29 heavy (non-hydrogen) atoms. The third-order valence-corrected chi connectivity index (χ3v) is 5.14. The van der Waals surface area contributed by atoms with Gasteiger partial charge in [-0.25, -0.2) is 19.9 Å². The average Bonchev–Trinajstić information content (AvgIpc) is 3.37. The second kappa shape index (κ2) is 6.82. The highest BCUT2D eigenvalue weighted by atomic mass is 35.5. The van der Waals surface area contributed by atoms with Gasteiger partial charge in [0, 0.05) is 24.2 Å². The van der Waals surface area contributed by atoms with Crippen LogP contribution in [0.25, 0.3) is 33.1 Å². The van der Waals surface area contributed by atoms with Crippen molar-refractivity contribution < 1.29 is 0 Å². The number of H-pyrrole nitrogens is 1. The zero-order chi connectivity index (χ0) is 20.0. The van der Waals surface area contributed by atoms with Crippen LogP contribution >= 0.6 is 11.6 Å². The maximum atomic E-state index is 6.64. The van der Waals surface area contributed by atoms with Gasteiger partial charge in [-0.05, 0) is 23.9 Å². The van der Waals surface area contributed by atoms with E-state index in [0.717, 1.165) is 33.1 Å². The molecular formula is C20H17ClN8. The second-order valence-corrected chi connectivity index (χ2v) is 7.19. The first-order chi connectivity index (χ1) is 14.1. The van der Waals surface area contributed by atoms with E-state index < -0.39 is 0 Å². The number of hydrogen-bond donors (Lipinski definition) is 2. The summed E-state index contributed by atoms with van der Waals surface area (Å²) >= 11 is 6.64. The van der Waals surface area contributed by atoms with E-state index in [-0.39, 0.29) is 6.04 Å². The van der Waals surface area contributed by atoms with E-state index in [1.807, 2.05) is 50.6 Å². The molecule has 5 rings (SSSR count). The third-order valence-electron chi connectivity index (χ3n) is 4.87. The number of pyridine rings is 1. The van der Waals surface area contributed by atoms with Crippen molar-refractivity contribution in [1.82, 2.24) is 34.7 Å². The van der Waals surface area contributed by atoms with Crippen molar-refractivity contribution in [2.24, 2.45) is 7.05 Å². The summed E-state index contributed by atoms with van der Waals surface area (Å²) in [4.78, 5) is 20.4. The van der Waals surface area contributed by atoms with E-state index in [2.05, 4.69) is 35.3 Å². The first-order valence-corrected chi connectivity index (χ1v) is 9.47. The number of hydrogen-bond acceptors (Lipinski definition) is 6. The third kappa shape index (κ3) is 3.07. The highest BCUT2D eigenvalue weighted by Crippen LogP contribution is 2.34. The van der Waals surface area contributed by atoms with Crippen molar-refractivity contribution in [2.75, 3.05) is 5.32 Å². The first-order valence-electron chi connectivity index (χ1n) is 9.09. The molecular weight excluding hydrogens is 388 g/mol. The number of aryl methyl sites for hydroxylation is 1. The molecule has 0 fully saturated rings. The number of nitrogens with zero attached hydrogens (tertiary/aromatic N) is 6. The van der Waals surface area contributed by atoms with Crippen molar-refractivity contribution in [1.29, 1.82) is 0 Å². The molecule has 0 amide bonds. The Kier molecular flexibility index (Phi) is 4.13. The molecule has 1 unspecified atom stereocenters. The van der Waals surface area contributed by atoms with Crippen LogP contribution in [0.5, 0.6) is 0 Å². The molecule has 4 aromatic heterocycles. The van der Waals surface area contributed by atoms with Gasteiger partial charge in [0.25, 0.3) is 0 Å². The highest BCUT2D eigenvalue weighted by Gasteiger charge is 2.16. The minimum absolute atomic E-state index is 0.125. The predicted octanol–water partition coefficient (Wildman–Crippen LogP) is 4.13. The van der Waals surface area contributed by atoms with E-state index in [0.29, 0.717) is 16.6 Å². The van der Waals surface area contributed by atoms with E-state index in [1.165, 1.54) is 6.33 Å². The molecule has 0 aliphatic rings. The number of aromatic amines is 1. The molecule has 0 aliphatic carbocycles.